The van der Waals surface area contributed by atoms with Crippen LogP contribution in [0.2, 0.25) is 0 Å². The number of likely N-dealkylation sites (N-methyl/N-ethyl adjacent to an activating group) is 2. The van der Waals surface area contributed by atoms with Gasteiger partial charge in [0.05, 0.1) is 20.1 Å². The summed E-state index contributed by atoms with van der Waals surface area (Å²) in [5.41, 5.74) is 2.79. The van der Waals surface area contributed by atoms with E-state index in [1.807, 2.05) is 0 Å². The first-order valence-corrected chi connectivity index (χ1v) is 6.86. The van der Waals surface area contributed by atoms with Gasteiger partial charge >= 0.3 is 0 Å². The van der Waals surface area contributed by atoms with E-state index in [2.05, 4.69) is 52.1 Å². The van der Waals surface area contributed by atoms with Crippen LogP contribution in [0.1, 0.15) is 25.0 Å². The number of aryl methyl sites for hydroxylation is 1. The van der Waals surface area contributed by atoms with Crippen LogP contribution in [0.15, 0.2) is 24.3 Å². The fraction of sp³-hybridized carbons (Fsp3) is 0.600. The molecule has 1 unspecified atom stereocenters. The Morgan fingerprint density at radius 3 is 2.06 bits per heavy atom. The average Bonchev–Trinajstić information content (AvgIpc) is 2.33. The van der Waals surface area contributed by atoms with Gasteiger partial charge in [-0.15, -0.1) is 0 Å². The lowest BCUT2D eigenvalue weighted by Gasteiger charge is -2.19. The third-order valence-electron chi connectivity index (χ3n) is 3.53. The van der Waals surface area contributed by atoms with Crippen molar-refractivity contribution in [3.05, 3.63) is 35.4 Å². The molecule has 0 aliphatic heterocycles. The van der Waals surface area contributed by atoms with Crippen molar-refractivity contribution in [2.75, 3.05) is 33.2 Å². The maximum atomic E-state index is 2.29. The van der Waals surface area contributed by atoms with E-state index in [0.717, 1.165) is 6.54 Å². The second-order valence-corrected chi connectivity index (χ2v) is 5.08. The molecule has 0 aromatic heterocycles. The zero-order chi connectivity index (χ0) is 12.7. The molecule has 2 N–H and O–H groups in total. The van der Waals surface area contributed by atoms with Gasteiger partial charge in [-0.25, -0.2) is 0 Å². The van der Waals surface area contributed by atoms with E-state index in [9.17, 15) is 0 Å². The van der Waals surface area contributed by atoms with Gasteiger partial charge in [0, 0.05) is 5.56 Å². The number of benzene rings is 1. The molecule has 1 aromatic rings. The van der Waals surface area contributed by atoms with Crippen molar-refractivity contribution in [2.24, 2.45) is 0 Å². The van der Waals surface area contributed by atoms with Gasteiger partial charge in [0.15, 0.2) is 0 Å². The van der Waals surface area contributed by atoms with Gasteiger partial charge in [0.2, 0.25) is 0 Å². The highest BCUT2D eigenvalue weighted by molar-refractivity contribution is 5.20. The van der Waals surface area contributed by atoms with Gasteiger partial charge in [-0.3, -0.25) is 0 Å². The number of nitrogens with one attached hydrogen (secondary N) is 2. The summed E-state index contributed by atoms with van der Waals surface area (Å²) in [4.78, 5) is 3.31. The van der Waals surface area contributed by atoms with Gasteiger partial charge in [0.25, 0.3) is 0 Å². The van der Waals surface area contributed by atoms with Crippen molar-refractivity contribution >= 4 is 0 Å². The standard InChI is InChI=1S/C15H26N2/c1-5-17(6-2)12-11-16(4)13-15-9-7-14(3)8-10-15/h7-10H,5-6,11-13H2,1-4H3/p+2. The molecule has 2 nitrogen and oxygen atoms in total. The largest absolute Gasteiger partial charge is 0.331 e. The lowest BCUT2D eigenvalue weighted by molar-refractivity contribution is -0.953. The van der Waals surface area contributed by atoms with Crippen molar-refractivity contribution in [1.29, 1.82) is 0 Å². The van der Waals surface area contributed by atoms with Crippen molar-refractivity contribution < 1.29 is 9.80 Å². The molecule has 0 radical (unpaired) electrons. The van der Waals surface area contributed by atoms with E-state index in [1.165, 1.54) is 37.3 Å². The first-order valence-electron chi connectivity index (χ1n) is 6.86. The van der Waals surface area contributed by atoms with E-state index in [4.69, 9.17) is 0 Å². The van der Waals surface area contributed by atoms with E-state index < -0.39 is 0 Å². The molecule has 0 saturated heterocycles. The van der Waals surface area contributed by atoms with Crippen LogP contribution in [-0.2, 0) is 6.54 Å². The predicted octanol–water partition coefficient (Wildman–Crippen LogP) is -0.0656. The normalized spacial score (nSPS) is 13.0. The molecule has 1 rings (SSSR count). The third kappa shape index (κ3) is 5.33. The summed E-state index contributed by atoms with van der Waals surface area (Å²) < 4.78 is 0. The molecule has 0 amide bonds. The van der Waals surface area contributed by atoms with Crippen LogP contribution >= 0.6 is 0 Å². The monoisotopic (exact) mass is 236 g/mol. The van der Waals surface area contributed by atoms with Crippen molar-refractivity contribution in [1.82, 2.24) is 0 Å². The minimum absolute atomic E-state index is 1.14. The highest BCUT2D eigenvalue weighted by Crippen LogP contribution is 2.00. The average molecular weight is 236 g/mol. The molecule has 0 saturated carbocycles. The summed E-state index contributed by atoms with van der Waals surface area (Å²) in [7, 11) is 2.29. The highest BCUT2D eigenvalue weighted by atomic mass is 15.2. The molecule has 96 valence electrons. The number of hydrogen-bond acceptors (Lipinski definition) is 0. The van der Waals surface area contributed by atoms with E-state index in [0.29, 0.717) is 0 Å². The van der Waals surface area contributed by atoms with Crippen molar-refractivity contribution in [3.63, 3.8) is 0 Å². The molecule has 0 aliphatic rings. The fourth-order valence-electron chi connectivity index (χ4n) is 2.14. The van der Waals surface area contributed by atoms with Crippen LogP contribution in [-0.4, -0.2) is 33.2 Å². The Bertz CT molecular complexity index is 301. The Kier molecular flexibility index (Phi) is 6.23. The van der Waals surface area contributed by atoms with Gasteiger partial charge in [-0.05, 0) is 20.8 Å². The Labute approximate surface area is 106 Å². The Balaban J connectivity index is 2.34. The first-order chi connectivity index (χ1) is 8.15. The summed E-state index contributed by atoms with van der Waals surface area (Å²) in [6, 6.07) is 8.92. The minimum atomic E-state index is 1.14. The Hall–Kier alpha value is -0.860. The van der Waals surface area contributed by atoms with Crippen LogP contribution in [0.3, 0.4) is 0 Å². The van der Waals surface area contributed by atoms with E-state index >= 15 is 0 Å². The molecular formula is C15H28N2+2. The molecule has 17 heavy (non-hydrogen) atoms. The molecule has 1 aromatic carbocycles. The Morgan fingerprint density at radius 1 is 0.941 bits per heavy atom. The SMILES string of the molecule is CC[NH+](CC)CC[NH+](C)Cc1ccc(C)cc1. The lowest BCUT2D eigenvalue weighted by atomic mass is 10.1. The minimum Gasteiger partial charge on any atom is -0.331 e. The highest BCUT2D eigenvalue weighted by Gasteiger charge is 2.08. The number of quaternary nitrogens is 2. The fourth-order valence-corrected chi connectivity index (χ4v) is 2.14. The number of hydrogen-bond donors (Lipinski definition) is 2. The van der Waals surface area contributed by atoms with Crippen LogP contribution in [0.5, 0.6) is 0 Å². The van der Waals surface area contributed by atoms with Gasteiger partial charge in [0.1, 0.15) is 19.6 Å². The van der Waals surface area contributed by atoms with Crippen molar-refractivity contribution in [3.8, 4) is 0 Å². The van der Waals surface area contributed by atoms with Crippen LogP contribution < -0.4 is 9.80 Å². The molecule has 0 heterocycles. The van der Waals surface area contributed by atoms with Gasteiger partial charge in [-0.1, -0.05) is 29.8 Å². The van der Waals surface area contributed by atoms with Crippen LogP contribution in [0, 0.1) is 6.92 Å². The quantitative estimate of drug-likeness (QED) is 0.656. The third-order valence-corrected chi connectivity index (χ3v) is 3.53. The van der Waals surface area contributed by atoms with E-state index in [-0.39, 0.29) is 0 Å². The predicted molar refractivity (Wildman–Crippen MR) is 73.5 cm³/mol. The summed E-state index contributed by atoms with van der Waals surface area (Å²) in [6.45, 7) is 12.9. The zero-order valence-corrected chi connectivity index (χ0v) is 11.8. The summed E-state index contributed by atoms with van der Waals surface area (Å²) in [5.74, 6) is 0. The molecular weight excluding hydrogens is 208 g/mol. The summed E-state index contributed by atoms with van der Waals surface area (Å²) >= 11 is 0. The maximum Gasteiger partial charge on any atom is 0.127 e. The molecule has 0 fully saturated rings. The summed E-state index contributed by atoms with van der Waals surface area (Å²) in [5, 5.41) is 0. The van der Waals surface area contributed by atoms with Gasteiger partial charge in [-0.2, -0.15) is 0 Å². The Morgan fingerprint density at radius 2 is 1.53 bits per heavy atom. The van der Waals surface area contributed by atoms with Crippen LogP contribution in [0.25, 0.3) is 0 Å². The van der Waals surface area contributed by atoms with Crippen molar-refractivity contribution in [2.45, 2.75) is 27.3 Å². The molecule has 0 bridgehead atoms. The first kappa shape index (κ1) is 14.2. The van der Waals surface area contributed by atoms with Crippen LogP contribution in [0.4, 0.5) is 0 Å². The molecule has 0 spiro atoms. The summed E-state index contributed by atoms with van der Waals surface area (Å²) in [6.07, 6.45) is 0. The molecule has 0 aliphatic carbocycles. The molecule has 1 atom stereocenters. The smallest absolute Gasteiger partial charge is 0.127 e. The topological polar surface area (TPSA) is 8.88 Å². The molecule has 2 heteroatoms. The number of rotatable bonds is 7. The van der Waals surface area contributed by atoms with E-state index in [1.54, 1.807) is 9.80 Å². The maximum absolute atomic E-state index is 2.29. The lowest BCUT2D eigenvalue weighted by Crippen LogP contribution is -3.18. The second kappa shape index (κ2) is 7.46. The second-order valence-electron chi connectivity index (χ2n) is 5.08. The van der Waals surface area contributed by atoms with Gasteiger partial charge < -0.3 is 9.80 Å². The zero-order valence-electron chi connectivity index (χ0n) is 11.8.